The second-order valence-electron chi connectivity index (χ2n) is 11.4. The summed E-state index contributed by atoms with van der Waals surface area (Å²) in [6.07, 6.45) is 9.20. The van der Waals surface area contributed by atoms with Gasteiger partial charge in [0, 0.05) is 6.42 Å². The molecule has 0 aromatic heterocycles. The minimum absolute atomic E-state index is 0.147. The van der Waals surface area contributed by atoms with Gasteiger partial charge in [0.15, 0.2) is 0 Å². The molecule has 0 spiro atoms. The van der Waals surface area contributed by atoms with Gasteiger partial charge in [-0.3, -0.25) is 4.79 Å². The van der Waals surface area contributed by atoms with Crippen molar-refractivity contribution in [2.45, 2.75) is 97.2 Å². The van der Waals surface area contributed by atoms with Crippen LogP contribution in [-0.4, -0.2) is 33.5 Å². The second-order valence-corrected chi connectivity index (χ2v) is 11.4. The van der Waals surface area contributed by atoms with Crippen LogP contribution in [0.15, 0.2) is 0 Å². The Morgan fingerprint density at radius 2 is 1.82 bits per heavy atom. The molecule has 0 aliphatic heterocycles. The summed E-state index contributed by atoms with van der Waals surface area (Å²) in [7, 11) is 0. The van der Waals surface area contributed by atoms with E-state index in [9.17, 15) is 15.0 Å². The van der Waals surface area contributed by atoms with E-state index in [2.05, 4.69) is 20.8 Å². The highest BCUT2D eigenvalue weighted by molar-refractivity contribution is 5.66. The lowest BCUT2D eigenvalue weighted by atomic mass is 9.43. The van der Waals surface area contributed by atoms with Gasteiger partial charge in [-0.05, 0) is 104 Å². The highest BCUT2D eigenvalue weighted by atomic mass is 16.4. The number of aliphatic hydroxyl groups is 2. The van der Waals surface area contributed by atoms with Gasteiger partial charge in [-0.25, -0.2) is 0 Å². The van der Waals surface area contributed by atoms with Crippen LogP contribution in [0, 0.1) is 46.3 Å². The summed E-state index contributed by atoms with van der Waals surface area (Å²) in [4.78, 5) is 11.1. The summed E-state index contributed by atoms with van der Waals surface area (Å²) in [6, 6.07) is 0. The summed E-state index contributed by atoms with van der Waals surface area (Å²) in [5, 5.41) is 30.7. The molecule has 28 heavy (non-hydrogen) atoms. The zero-order chi connectivity index (χ0) is 20.3. The molecule has 4 aliphatic carbocycles. The van der Waals surface area contributed by atoms with E-state index in [1.54, 1.807) is 0 Å². The van der Waals surface area contributed by atoms with Gasteiger partial charge in [0.2, 0.25) is 0 Å². The minimum Gasteiger partial charge on any atom is -0.481 e. The fourth-order valence-electron chi connectivity index (χ4n) is 8.89. The van der Waals surface area contributed by atoms with Gasteiger partial charge in [-0.2, -0.15) is 0 Å². The summed E-state index contributed by atoms with van der Waals surface area (Å²) in [5.41, 5.74) is 0.325. The molecule has 4 fully saturated rings. The van der Waals surface area contributed by atoms with E-state index in [0.717, 1.165) is 32.1 Å². The number of carbonyl (C=O) groups is 1. The molecule has 4 saturated carbocycles. The van der Waals surface area contributed by atoms with E-state index in [-0.39, 0.29) is 29.5 Å². The number of fused-ring (bicyclic) bond motifs is 5. The summed E-state index contributed by atoms with van der Waals surface area (Å²) < 4.78 is 0. The normalized spacial score (nSPS) is 51.7. The fraction of sp³-hybridized carbons (Fsp3) is 0.958. The molecule has 160 valence electrons. The van der Waals surface area contributed by atoms with E-state index in [1.807, 2.05) is 0 Å². The van der Waals surface area contributed by atoms with Crippen molar-refractivity contribution in [1.82, 2.24) is 0 Å². The third-order valence-corrected chi connectivity index (χ3v) is 10.1. The molecular weight excluding hydrogens is 352 g/mol. The Bertz CT molecular complexity index is 605. The number of hydrogen-bond donors (Lipinski definition) is 3. The molecule has 0 radical (unpaired) electrons. The van der Waals surface area contributed by atoms with Crippen molar-refractivity contribution in [2.75, 3.05) is 0 Å². The monoisotopic (exact) mass is 392 g/mol. The van der Waals surface area contributed by atoms with Gasteiger partial charge in [0.25, 0.3) is 0 Å². The highest BCUT2D eigenvalue weighted by Crippen LogP contribution is 2.68. The summed E-state index contributed by atoms with van der Waals surface area (Å²) in [5.74, 6) is 2.46. The van der Waals surface area contributed by atoms with Crippen LogP contribution >= 0.6 is 0 Å². The lowest BCUT2D eigenvalue weighted by molar-refractivity contribution is -0.179. The quantitative estimate of drug-likeness (QED) is 0.659. The van der Waals surface area contributed by atoms with Crippen LogP contribution in [0.25, 0.3) is 0 Å². The molecule has 4 rings (SSSR count). The molecule has 0 saturated heterocycles. The Hall–Kier alpha value is -0.610. The lowest BCUT2D eigenvalue weighted by Gasteiger charge is -2.62. The maximum atomic E-state index is 11.4. The van der Waals surface area contributed by atoms with E-state index >= 15 is 0 Å². The molecule has 1 unspecified atom stereocenters. The van der Waals surface area contributed by atoms with Gasteiger partial charge in [0.05, 0.1) is 12.2 Å². The molecule has 4 aliphatic rings. The molecule has 4 heteroatoms. The molecule has 4 nitrogen and oxygen atoms in total. The van der Waals surface area contributed by atoms with E-state index in [0.29, 0.717) is 35.5 Å². The Morgan fingerprint density at radius 3 is 2.54 bits per heavy atom. The minimum atomic E-state index is -0.693. The van der Waals surface area contributed by atoms with Gasteiger partial charge in [-0.1, -0.05) is 20.8 Å². The largest absolute Gasteiger partial charge is 0.481 e. The average Bonchev–Trinajstić information content (AvgIpc) is 2.96. The van der Waals surface area contributed by atoms with Crippen LogP contribution in [0.4, 0.5) is 0 Å². The zero-order valence-electron chi connectivity index (χ0n) is 17.9. The highest BCUT2D eigenvalue weighted by Gasteiger charge is 2.63. The number of carboxylic acid groups (broad SMARTS) is 1. The van der Waals surface area contributed by atoms with Gasteiger partial charge in [0.1, 0.15) is 0 Å². The lowest BCUT2D eigenvalue weighted by Crippen LogP contribution is -2.59. The van der Waals surface area contributed by atoms with Crippen molar-refractivity contribution in [3.05, 3.63) is 0 Å². The summed E-state index contributed by atoms with van der Waals surface area (Å²) in [6.45, 7) is 7.06. The first-order chi connectivity index (χ1) is 13.2. The third kappa shape index (κ3) is 3.14. The maximum absolute atomic E-state index is 11.4. The van der Waals surface area contributed by atoms with Crippen molar-refractivity contribution in [2.24, 2.45) is 46.3 Å². The van der Waals surface area contributed by atoms with Gasteiger partial charge in [-0.15, -0.1) is 0 Å². The molecule has 0 amide bonds. The number of rotatable bonds is 4. The number of hydrogen-bond acceptors (Lipinski definition) is 3. The second kappa shape index (κ2) is 7.27. The van der Waals surface area contributed by atoms with Crippen LogP contribution in [0.1, 0.15) is 85.0 Å². The van der Waals surface area contributed by atoms with E-state index in [1.165, 1.54) is 25.7 Å². The maximum Gasteiger partial charge on any atom is 0.303 e. The van der Waals surface area contributed by atoms with Crippen LogP contribution < -0.4 is 0 Å². The van der Waals surface area contributed by atoms with E-state index < -0.39 is 5.97 Å². The molecule has 0 bridgehead atoms. The predicted molar refractivity (Wildman–Crippen MR) is 109 cm³/mol. The summed E-state index contributed by atoms with van der Waals surface area (Å²) >= 11 is 0. The standard InChI is InChI=1S/C24H40O4/c1-14(4-9-21(27)28)18-7-8-19-17-6-5-15-12-16(25)10-11-23(15,2)22(17)20(26)13-24(18,19)3/h14-20,22,25-26H,4-13H2,1-3H3,(H,27,28)/t14-,15?,16+,17+,18-,19+,20+,22-,23+,24-/m1/s1. The van der Waals surface area contributed by atoms with Crippen molar-refractivity contribution in [1.29, 1.82) is 0 Å². The van der Waals surface area contributed by atoms with Gasteiger partial charge >= 0.3 is 5.97 Å². The van der Waals surface area contributed by atoms with Crippen molar-refractivity contribution >= 4 is 5.97 Å². The van der Waals surface area contributed by atoms with E-state index in [4.69, 9.17) is 5.11 Å². The Kier molecular flexibility index (Phi) is 5.36. The number of carboxylic acids is 1. The van der Waals surface area contributed by atoms with Crippen LogP contribution in [0.3, 0.4) is 0 Å². The van der Waals surface area contributed by atoms with Crippen LogP contribution in [0.5, 0.6) is 0 Å². The molecule has 0 aromatic carbocycles. The van der Waals surface area contributed by atoms with Crippen molar-refractivity contribution in [3.8, 4) is 0 Å². The smallest absolute Gasteiger partial charge is 0.303 e. The Morgan fingerprint density at radius 1 is 1.07 bits per heavy atom. The SMILES string of the molecule is C[C@H](CCC(=O)O)[C@H]1CC[C@H]2[C@@H]3CCC4C[C@@H](O)CC[C@]4(C)[C@H]3[C@@H](O)C[C@]12C. The molecule has 0 aromatic rings. The first kappa shape index (κ1) is 20.7. The first-order valence-electron chi connectivity index (χ1n) is 11.7. The molecular formula is C24H40O4. The zero-order valence-corrected chi connectivity index (χ0v) is 17.9. The molecule has 0 heterocycles. The van der Waals surface area contributed by atoms with Crippen LogP contribution in [-0.2, 0) is 4.79 Å². The predicted octanol–water partition coefficient (Wildman–Crippen LogP) is 4.48. The van der Waals surface area contributed by atoms with Crippen molar-refractivity contribution < 1.29 is 20.1 Å². The third-order valence-electron chi connectivity index (χ3n) is 10.1. The topological polar surface area (TPSA) is 77.8 Å². The average molecular weight is 393 g/mol. The van der Waals surface area contributed by atoms with Gasteiger partial charge < -0.3 is 15.3 Å². The Balaban J connectivity index is 1.56. The van der Waals surface area contributed by atoms with Crippen LogP contribution in [0.2, 0.25) is 0 Å². The number of aliphatic carboxylic acids is 1. The fourth-order valence-corrected chi connectivity index (χ4v) is 8.89. The molecule has 10 atom stereocenters. The number of aliphatic hydroxyl groups excluding tert-OH is 2. The first-order valence-corrected chi connectivity index (χ1v) is 11.7. The Labute approximate surface area is 170 Å². The molecule has 3 N–H and O–H groups in total. The van der Waals surface area contributed by atoms with Crippen molar-refractivity contribution in [3.63, 3.8) is 0 Å².